The van der Waals surface area contributed by atoms with Gasteiger partial charge < -0.3 is 16.0 Å². The maximum atomic E-state index is 12.2. The number of carbonyl (C=O) groups excluding carboxylic acids is 2. The molecule has 1 aromatic heterocycles. The summed E-state index contributed by atoms with van der Waals surface area (Å²) in [6.07, 6.45) is 1.57. The molecule has 20 heavy (non-hydrogen) atoms. The summed E-state index contributed by atoms with van der Waals surface area (Å²) in [4.78, 5) is 32.1. The summed E-state index contributed by atoms with van der Waals surface area (Å²) < 4.78 is 0. The summed E-state index contributed by atoms with van der Waals surface area (Å²) in [5.41, 5.74) is 0.762. The highest BCUT2D eigenvalue weighted by Gasteiger charge is 2.20. The molecule has 0 bridgehead atoms. The van der Waals surface area contributed by atoms with Gasteiger partial charge >= 0.3 is 0 Å². The van der Waals surface area contributed by atoms with E-state index < -0.39 is 11.9 Å². The molecule has 0 aromatic carbocycles. The molecule has 0 aliphatic rings. The minimum absolute atomic E-state index is 0.115. The Morgan fingerprint density at radius 3 is 2.35 bits per heavy atom. The summed E-state index contributed by atoms with van der Waals surface area (Å²) in [5, 5.41) is 7.96. The lowest BCUT2D eigenvalue weighted by Crippen LogP contribution is -2.44. The largest absolute Gasteiger partial charge is 0.385 e. The molecule has 1 unspecified atom stereocenters. The number of rotatable bonds is 5. The Labute approximate surface area is 118 Å². The lowest BCUT2D eigenvalue weighted by atomic mass is 10.2. The average Bonchev–Trinajstić information content (AvgIpc) is 2.45. The molecule has 110 valence electrons. The molecular weight excluding hydrogens is 258 g/mol. The minimum Gasteiger partial charge on any atom is -0.385 e. The lowest BCUT2D eigenvalue weighted by molar-refractivity contribution is -0.122. The lowest BCUT2D eigenvalue weighted by Gasteiger charge is -2.14. The van der Waals surface area contributed by atoms with Gasteiger partial charge in [-0.05, 0) is 6.92 Å². The molecule has 0 radical (unpaired) electrons. The summed E-state index contributed by atoms with van der Waals surface area (Å²) in [5.74, 6) is 0.0304. The average molecular weight is 279 g/mol. The van der Waals surface area contributed by atoms with Gasteiger partial charge in [-0.25, -0.2) is 9.97 Å². The Kier molecular flexibility index (Phi) is 5.42. The molecule has 2 amide bonds. The van der Waals surface area contributed by atoms with Crippen molar-refractivity contribution in [2.45, 2.75) is 32.7 Å². The first-order valence-corrected chi connectivity index (χ1v) is 6.47. The second-order valence-electron chi connectivity index (χ2n) is 4.70. The third-order valence-electron chi connectivity index (χ3n) is 2.80. The predicted octanol–water partition coefficient (Wildman–Crippen LogP) is 0.506. The Balaban J connectivity index is 3.01. The molecule has 0 spiro atoms. The van der Waals surface area contributed by atoms with Gasteiger partial charge in [0.05, 0.1) is 11.9 Å². The highest BCUT2D eigenvalue weighted by molar-refractivity contribution is 5.99. The minimum atomic E-state index is -0.630. The van der Waals surface area contributed by atoms with Gasteiger partial charge in [-0.1, -0.05) is 13.8 Å². The molecular formula is C13H21N5O2. The molecule has 0 aliphatic carbocycles. The molecule has 0 aliphatic heterocycles. The van der Waals surface area contributed by atoms with Gasteiger partial charge in [0.1, 0.15) is 11.9 Å². The van der Waals surface area contributed by atoms with Crippen LogP contribution in [0.15, 0.2) is 6.20 Å². The topological polar surface area (TPSA) is 96.0 Å². The zero-order valence-electron chi connectivity index (χ0n) is 12.4. The predicted molar refractivity (Wildman–Crippen MR) is 76.7 cm³/mol. The van der Waals surface area contributed by atoms with E-state index in [1.165, 1.54) is 7.05 Å². The fourth-order valence-electron chi connectivity index (χ4n) is 1.58. The zero-order valence-corrected chi connectivity index (χ0v) is 12.4. The fourth-order valence-corrected chi connectivity index (χ4v) is 1.58. The molecule has 1 aromatic rings. The fraction of sp³-hybridized carbons (Fsp3) is 0.538. The van der Waals surface area contributed by atoms with Crippen LogP contribution >= 0.6 is 0 Å². The maximum Gasteiger partial charge on any atom is 0.272 e. The SMILES string of the molecule is CNC(=O)C(C)NC(=O)c1nc(C(C)C)ncc1NC. The number of hydrogen-bond acceptors (Lipinski definition) is 5. The van der Waals surface area contributed by atoms with E-state index in [0.29, 0.717) is 11.5 Å². The van der Waals surface area contributed by atoms with Crippen molar-refractivity contribution in [2.75, 3.05) is 19.4 Å². The van der Waals surface area contributed by atoms with E-state index in [4.69, 9.17) is 0 Å². The van der Waals surface area contributed by atoms with E-state index in [0.717, 1.165) is 0 Å². The van der Waals surface area contributed by atoms with Crippen molar-refractivity contribution in [2.24, 2.45) is 0 Å². The van der Waals surface area contributed by atoms with Crippen LogP contribution in [0.1, 0.15) is 43.0 Å². The van der Waals surface area contributed by atoms with Crippen molar-refractivity contribution >= 4 is 17.5 Å². The molecule has 0 saturated carbocycles. The van der Waals surface area contributed by atoms with E-state index in [1.54, 1.807) is 20.2 Å². The van der Waals surface area contributed by atoms with Crippen molar-refractivity contribution in [1.29, 1.82) is 0 Å². The molecule has 1 heterocycles. The molecule has 1 atom stereocenters. The number of hydrogen-bond donors (Lipinski definition) is 3. The van der Waals surface area contributed by atoms with Crippen molar-refractivity contribution in [3.8, 4) is 0 Å². The quantitative estimate of drug-likeness (QED) is 0.729. The van der Waals surface area contributed by atoms with Crippen LogP contribution in [0.3, 0.4) is 0 Å². The van der Waals surface area contributed by atoms with Crippen LogP contribution in [0.4, 0.5) is 5.69 Å². The summed E-state index contributed by atoms with van der Waals surface area (Å²) >= 11 is 0. The summed E-state index contributed by atoms with van der Waals surface area (Å²) in [6, 6.07) is -0.630. The van der Waals surface area contributed by atoms with Crippen LogP contribution in [-0.2, 0) is 4.79 Å². The monoisotopic (exact) mass is 279 g/mol. The van der Waals surface area contributed by atoms with E-state index in [1.807, 2.05) is 13.8 Å². The van der Waals surface area contributed by atoms with Crippen molar-refractivity contribution in [3.63, 3.8) is 0 Å². The molecule has 7 heteroatoms. The first kappa shape index (κ1) is 15.9. The highest BCUT2D eigenvalue weighted by Crippen LogP contribution is 2.15. The second-order valence-corrected chi connectivity index (χ2v) is 4.70. The number of carbonyl (C=O) groups is 2. The number of anilines is 1. The first-order valence-electron chi connectivity index (χ1n) is 6.47. The van der Waals surface area contributed by atoms with Crippen LogP contribution in [0, 0.1) is 0 Å². The van der Waals surface area contributed by atoms with Gasteiger partial charge in [0.15, 0.2) is 5.69 Å². The van der Waals surface area contributed by atoms with E-state index in [2.05, 4.69) is 25.9 Å². The number of amides is 2. The summed E-state index contributed by atoms with van der Waals surface area (Å²) in [7, 11) is 3.21. The second kappa shape index (κ2) is 6.83. The van der Waals surface area contributed by atoms with Crippen LogP contribution in [0.25, 0.3) is 0 Å². The third kappa shape index (κ3) is 3.66. The molecule has 0 saturated heterocycles. The molecule has 3 N–H and O–H groups in total. The number of nitrogens with one attached hydrogen (secondary N) is 3. The first-order chi connectivity index (χ1) is 9.40. The Morgan fingerprint density at radius 1 is 1.20 bits per heavy atom. The van der Waals surface area contributed by atoms with Crippen LogP contribution < -0.4 is 16.0 Å². The Hall–Kier alpha value is -2.18. The van der Waals surface area contributed by atoms with Crippen molar-refractivity contribution in [1.82, 2.24) is 20.6 Å². The number of nitrogens with zero attached hydrogens (tertiary/aromatic N) is 2. The highest BCUT2D eigenvalue weighted by atomic mass is 16.2. The van der Waals surface area contributed by atoms with Crippen LogP contribution in [0.2, 0.25) is 0 Å². The van der Waals surface area contributed by atoms with Crippen LogP contribution in [-0.4, -0.2) is 41.9 Å². The molecule has 0 fully saturated rings. The smallest absolute Gasteiger partial charge is 0.272 e. The van der Waals surface area contributed by atoms with Gasteiger partial charge in [0.2, 0.25) is 5.91 Å². The van der Waals surface area contributed by atoms with Gasteiger partial charge in [0.25, 0.3) is 5.91 Å². The number of aromatic nitrogens is 2. The van der Waals surface area contributed by atoms with Crippen molar-refractivity contribution < 1.29 is 9.59 Å². The van der Waals surface area contributed by atoms with Crippen molar-refractivity contribution in [3.05, 3.63) is 17.7 Å². The zero-order chi connectivity index (χ0) is 15.3. The van der Waals surface area contributed by atoms with Gasteiger partial charge in [-0.15, -0.1) is 0 Å². The standard InChI is InChI=1S/C13H21N5O2/c1-7(2)11-16-6-9(14-4)10(18-11)13(20)17-8(3)12(19)15-5/h6-8,14H,1-5H3,(H,15,19)(H,17,20). The molecule has 7 nitrogen and oxygen atoms in total. The Morgan fingerprint density at radius 2 is 1.85 bits per heavy atom. The van der Waals surface area contributed by atoms with E-state index in [9.17, 15) is 9.59 Å². The van der Waals surface area contributed by atoms with Gasteiger partial charge in [-0.3, -0.25) is 9.59 Å². The number of likely N-dealkylation sites (N-methyl/N-ethyl adjacent to an activating group) is 1. The van der Waals surface area contributed by atoms with E-state index in [-0.39, 0.29) is 17.5 Å². The summed E-state index contributed by atoms with van der Waals surface area (Å²) in [6.45, 7) is 5.51. The molecule has 1 rings (SSSR count). The maximum absolute atomic E-state index is 12.2. The van der Waals surface area contributed by atoms with E-state index >= 15 is 0 Å². The van der Waals surface area contributed by atoms with Gasteiger partial charge in [0, 0.05) is 20.0 Å². The normalized spacial score (nSPS) is 11.9. The third-order valence-corrected chi connectivity index (χ3v) is 2.80. The van der Waals surface area contributed by atoms with Crippen LogP contribution in [0.5, 0.6) is 0 Å². The Bertz CT molecular complexity index is 502. The van der Waals surface area contributed by atoms with Gasteiger partial charge in [-0.2, -0.15) is 0 Å².